The predicted molar refractivity (Wildman–Crippen MR) is 79.3 cm³/mol. The van der Waals surface area contributed by atoms with E-state index in [1.807, 2.05) is 30.4 Å². The van der Waals surface area contributed by atoms with Gasteiger partial charge in [-0.2, -0.15) is 5.10 Å². The second kappa shape index (κ2) is 5.02. The molecule has 4 heteroatoms. The molecule has 1 heterocycles. The van der Waals surface area contributed by atoms with Gasteiger partial charge >= 0.3 is 0 Å². The summed E-state index contributed by atoms with van der Waals surface area (Å²) in [6.07, 6.45) is 2.26. The van der Waals surface area contributed by atoms with Gasteiger partial charge in [-0.05, 0) is 37.0 Å². The van der Waals surface area contributed by atoms with Crippen LogP contribution in [0.2, 0.25) is 0 Å². The van der Waals surface area contributed by atoms with E-state index in [1.165, 1.54) is 16.2 Å². The molecule has 1 aromatic carbocycles. The van der Waals surface area contributed by atoms with Crippen LogP contribution in [-0.4, -0.2) is 15.0 Å². The van der Waals surface area contributed by atoms with Crippen LogP contribution in [0.1, 0.15) is 29.3 Å². The number of nitrogens with two attached hydrogens (primary N) is 1. The van der Waals surface area contributed by atoms with Crippen molar-refractivity contribution in [3.8, 4) is 0 Å². The maximum atomic E-state index is 6.44. The second-order valence-electron chi connectivity index (χ2n) is 5.17. The van der Waals surface area contributed by atoms with E-state index in [4.69, 9.17) is 5.73 Å². The van der Waals surface area contributed by atoms with E-state index in [1.54, 1.807) is 0 Å². The molecule has 0 radical (unpaired) electrons. The number of rotatable bonds is 2. The van der Waals surface area contributed by atoms with Crippen molar-refractivity contribution in [3.63, 3.8) is 0 Å². The Morgan fingerprint density at radius 3 is 2.89 bits per heavy atom. The lowest BCUT2D eigenvalue weighted by molar-refractivity contribution is 0.583. The van der Waals surface area contributed by atoms with Crippen molar-refractivity contribution in [2.24, 2.45) is 12.8 Å². The summed E-state index contributed by atoms with van der Waals surface area (Å²) in [7, 11) is 2.00. The van der Waals surface area contributed by atoms with Gasteiger partial charge in [0.05, 0.1) is 10.7 Å². The van der Waals surface area contributed by atoms with Crippen molar-refractivity contribution in [1.82, 2.24) is 9.78 Å². The van der Waals surface area contributed by atoms with Crippen LogP contribution in [0.25, 0.3) is 0 Å². The molecule has 2 N–H and O–H groups in total. The molecule has 0 fully saturated rings. The zero-order valence-corrected chi connectivity index (χ0v) is 12.2. The Kier molecular flexibility index (Phi) is 3.37. The first-order valence-electron chi connectivity index (χ1n) is 6.66. The number of aromatic nitrogens is 2. The van der Waals surface area contributed by atoms with Crippen molar-refractivity contribution in [1.29, 1.82) is 0 Å². The molecular weight excluding hydrogens is 254 g/mol. The fraction of sp³-hybridized carbons (Fsp3) is 0.400. The molecule has 2 unspecified atom stereocenters. The third-order valence-corrected chi connectivity index (χ3v) is 5.20. The third-order valence-electron chi connectivity index (χ3n) is 3.74. The van der Waals surface area contributed by atoms with E-state index >= 15 is 0 Å². The molecule has 0 spiro atoms. The Labute approximate surface area is 118 Å². The quantitative estimate of drug-likeness (QED) is 0.915. The Bertz CT molecular complexity index is 591. The molecule has 3 rings (SSSR count). The highest BCUT2D eigenvalue weighted by atomic mass is 32.2. The standard InChI is InChI=1S/C15H19N3S/c1-10-9-14(18(2)17-10)19-13-8-7-11-5-3-4-6-12(11)15(13)16/h3-6,9,13,15H,7-8,16H2,1-2H3. The third kappa shape index (κ3) is 2.42. The SMILES string of the molecule is Cc1cc(SC2CCc3ccccc3C2N)n(C)n1. The van der Waals surface area contributed by atoms with Gasteiger partial charge in [-0.3, -0.25) is 4.68 Å². The number of benzene rings is 1. The Balaban J connectivity index is 1.83. The van der Waals surface area contributed by atoms with Crippen LogP contribution in [0, 0.1) is 6.92 Å². The fourth-order valence-electron chi connectivity index (χ4n) is 2.75. The van der Waals surface area contributed by atoms with Gasteiger partial charge in [-0.15, -0.1) is 11.8 Å². The monoisotopic (exact) mass is 273 g/mol. The van der Waals surface area contributed by atoms with E-state index in [-0.39, 0.29) is 6.04 Å². The van der Waals surface area contributed by atoms with Crippen molar-refractivity contribution < 1.29 is 0 Å². The maximum Gasteiger partial charge on any atom is 0.0942 e. The van der Waals surface area contributed by atoms with Crippen molar-refractivity contribution in [2.45, 2.75) is 36.1 Å². The Morgan fingerprint density at radius 2 is 2.16 bits per heavy atom. The first kappa shape index (κ1) is 12.8. The van der Waals surface area contributed by atoms with E-state index in [0.717, 1.165) is 18.5 Å². The summed E-state index contributed by atoms with van der Waals surface area (Å²) in [5.74, 6) is 0. The molecule has 2 atom stereocenters. The molecule has 0 saturated heterocycles. The Morgan fingerprint density at radius 1 is 1.37 bits per heavy atom. The second-order valence-corrected chi connectivity index (χ2v) is 6.43. The van der Waals surface area contributed by atoms with E-state index in [2.05, 4.69) is 35.4 Å². The molecule has 100 valence electrons. The zero-order valence-electron chi connectivity index (χ0n) is 11.3. The highest BCUT2D eigenvalue weighted by molar-refractivity contribution is 7.99. The van der Waals surface area contributed by atoms with Gasteiger partial charge in [-0.25, -0.2) is 0 Å². The summed E-state index contributed by atoms with van der Waals surface area (Å²) in [4.78, 5) is 0. The lowest BCUT2D eigenvalue weighted by Crippen LogP contribution is -2.29. The molecule has 2 aromatic rings. The average molecular weight is 273 g/mol. The van der Waals surface area contributed by atoms with Crippen molar-refractivity contribution in [2.75, 3.05) is 0 Å². The number of hydrogen-bond acceptors (Lipinski definition) is 3. The first-order chi connectivity index (χ1) is 9.15. The predicted octanol–water partition coefficient (Wildman–Crippen LogP) is 2.84. The number of fused-ring (bicyclic) bond motifs is 1. The highest BCUT2D eigenvalue weighted by Crippen LogP contribution is 2.38. The summed E-state index contributed by atoms with van der Waals surface area (Å²) >= 11 is 1.86. The maximum absolute atomic E-state index is 6.44. The first-order valence-corrected chi connectivity index (χ1v) is 7.54. The van der Waals surface area contributed by atoms with Gasteiger partial charge in [0.15, 0.2) is 0 Å². The molecule has 1 aliphatic rings. The van der Waals surface area contributed by atoms with Crippen LogP contribution in [0.5, 0.6) is 0 Å². The van der Waals surface area contributed by atoms with Crippen molar-refractivity contribution in [3.05, 3.63) is 47.2 Å². The number of nitrogens with zero attached hydrogens (tertiary/aromatic N) is 2. The van der Waals surface area contributed by atoms with E-state index in [9.17, 15) is 0 Å². The average Bonchev–Trinajstić information content (AvgIpc) is 2.72. The van der Waals surface area contributed by atoms with Gasteiger partial charge < -0.3 is 5.73 Å². The number of aryl methyl sites for hydroxylation is 3. The van der Waals surface area contributed by atoms with Crippen molar-refractivity contribution >= 4 is 11.8 Å². The molecule has 0 aliphatic heterocycles. The van der Waals surface area contributed by atoms with Crippen LogP contribution in [0.4, 0.5) is 0 Å². The van der Waals surface area contributed by atoms with Crippen LogP contribution in [0.15, 0.2) is 35.4 Å². The van der Waals surface area contributed by atoms with Crippen LogP contribution >= 0.6 is 11.8 Å². The molecule has 1 aromatic heterocycles. The fourth-order valence-corrected chi connectivity index (χ4v) is 4.02. The minimum Gasteiger partial charge on any atom is -0.323 e. The topological polar surface area (TPSA) is 43.8 Å². The van der Waals surface area contributed by atoms with Gasteiger partial charge in [-0.1, -0.05) is 24.3 Å². The van der Waals surface area contributed by atoms with Gasteiger partial charge in [0.2, 0.25) is 0 Å². The van der Waals surface area contributed by atoms with Gasteiger partial charge in [0.1, 0.15) is 0 Å². The summed E-state index contributed by atoms with van der Waals surface area (Å²) in [6.45, 7) is 2.03. The smallest absolute Gasteiger partial charge is 0.0942 e. The molecule has 0 bridgehead atoms. The lowest BCUT2D eigenvalue weighted by atomic mass is 9.88. The number of hydrogen-bond donors (Lipinski definition) is 1. The van der Waals surface area contributed by atoms with Gasteiger partial charge in [0.25, 0.3) is 0 Å². The minimum absolute atomic E-state index is 0.116. The van der Waals surface area contributed by atoms with Crippen LogP contribution in [0.3, 0.4) is 0 Å². The summed E-state index contributed by atoms with van der Waals surface area (Å²) in [5.41, 5.74) is 10.2. The largest absolute Gasteiger partial charge is 0.323 e. The highest BCUT2D eigenvalue weighted by Gasteiger charge is 2.27. The number of thioether (sulfide) groups is 1. The molecule has 1 aliphatic carbocycles. The summed E-state index contributed by atoms with van der Waals surface area (Å²) < 4.78 is 1.95. The van der Waals surface area contributed by atoms with Crippen LogP contribution in [-0.2, 0) is 13.5 Å². The molecular formula is C15H19N3S. The van der Waals surface area contributed by atoms with Crippen LogP contribution < -0.4 is 5.73 Å². The molecule has 0 amide bonds. The normalized spacial score (nSPS) is 22.3. The zero-order chi connectivity index (χ0) is 13.4. The lowest BCUT2D eigenvalue weighted by Gasteiger charge is -2.30. The van der Waals surface area contributed by atoms with Gasteiger partial charge in [0, 0.05) is 18.3 Å². The van der Waals surface area contributed by atoms with E-state index in [0.29, 0.717) is 5.25 Å². The molecule has 3 nitrogen and oxygen atoms in total. The Hall–Kier alpha value is -1.26. The summed E-state index contributed by atoms with van der Waals surface area (Å²) in [5, 5.41) is 6.04. The molecule has 19 heavy (non-hydrogen) atoms. The summed E-state index contributed by atoms with van der Waals surface area (Å²) in [6, 6.07) is 10.8. The van der Waals surface area contributed by atoms with E-state index < -0.39 is 0 Å². The molecule has 0 saturated carbocycles. The minimum atomic E-state index is 0.116.